The Hall–Kier alpha value is -2.85. The number of carbonyl (C=O) groups excluding carboxylic acids is 2. The average molecular weight is 451 g/mol. The van der Waals surface area contributed by atoms with Gasteiger partial charge in [-0.2, -0.15) is 8.78 Å². The molecule has 2 aromatic rings. The predicted octanol–water partition coefficient (Wildman–Crippen LogP) is 2.63. The fourth-order valence-electron chi connectivity index (χ4n) is 3.48. The molecule has 1 aliphatic heterocycles. The van der Waals surface area contributed by atoms with Crippen LogP contribution >= 0.6 is 0 Å². The van der Waals surface area contributed by atoms with Crippen LogP contribution in [-0.4, -0.2) is 44.0 Å². The standard InChI is InChI=1S/C21H23F2N3O4S/c22-21(23)31(29,30)18-6-4-16(5-7-18)20(28)25-17-3-1-2-14(12-17)13-26-10-8-15(9-11-26)19(24)27/h1-7,12,15,21H,8-11,13H2,(H2,24,27)(H,25,28). The Kier molecular flexibility index (Phi) is 7.01. The van der Waals surface area contributed by atoms with Gasteiger partial charge in [-0.1, -0.05) is 12.1 Å². The van der Waals surface area contributed by atoms with E-state index in [0.717, 1.165) is 43.6 Å². The molecule has 10 heteroatoms. The van der Waals surface area contributed by atoms with E-state index in [4.69, 9.17) is 5.73 Å². The van der Waals surface area contributed by atoms with Crippen molar-refractivity contribution in [2.45, 2.75) is 30.0 Å². The van der Waals surface area contributed by atoms with Gasteiger partial charge >= 0.3 is 5.76 Å². The summed E-state index contributed by atoms with van der Waals surface area (Å²) >= 11 is 0. The third kappa shape index (κ3) is 5.65. The van der Waals surface area contributed by atoms with Gasteiger partial charge in [0.25, 0.3) is 5.91 Å². The van der Waals surface area contributed by atoms with Crippen LogP contribution in [0.2, 0.25) is 0 Å². The maximum absolute atomic E-state index is 12.6. The lowest BCUT2D eigenvalue weighted by atomic mass is 9.96. The summed E-state index contributed by atoms with van der Waals surface area (Å²) in [7, 11) is -4.70. The second-order valence-corrected chi connectivity index (χ2v) is 9.36. The van der Waals surface area contributed by atoms with Crippen LogP contribution in [0.15, 0.2) is 53.4 Å². The van der Waals surface area contributed by atoms with Gasteiger partial charge in [-0.25, -0.2) is 8.42 Å². The molecule has 1 heterocycles. The number of piperidine rings is 1. The van der Waals surface area contributed by atoms with Gasteiger partial charge < -0.3 is 11.1 Å². The van der Waals surface area contributed by atoms with Crippen molar-refractivity contribution in [3.63, 3.8) is 0 Å². The molecule has 2 aromatic carbocycles. The summed E-state index contributed by atoms with van der Waals surface area (Å²) in [5.41, 5.74) is 7.04. The minimum Gasteiger partial charge on any atom is -0.369 e. The normalized spacial score (nSPS) is 15.7. The highest BCUT2D eigenvalue weighted by molar-refractivity contribution is 7.91. The van der Waals surface area contributed by atoms with Gasteiger partial charge in [-0.05, 0) is 67.9 Å². The van der Waals surface area contributed by atoms with Crippen molar-refractivity contribution in [1.82, 2.24) is 4.90 Å². The molecule has 1 saturated heterocycles. The Balaban J connectivity index is 1.62. The first-order chi connectivity index (χ1) is 14.7. The molecule has 0 radical (unpaired) electrons. The summed E-state index contributed by atoms with van der Waals surface area (Å²) in [5, 5.41) is 2.72. The van der Waals surface area contributed by atoms with Crippen LogP contribution in [0.3, 0.4) is 0 Å². The Morgan fingerprint density at radius 1 is 1.10 bits per heavy atom. The predicted molar refractivity (Wildman–Crippen MR) is 111 cm³/mol. The molecule has 0 spiro atoms. The number of alkyl halides is 2. The van der Waals surface area contributed by atoms with Crippen LogP contribution < -0.4 is 11.1 Å². The number of carbonyl (C=O) groups is 2. The van der Waals surface area contributed by atoms with E-state index in [9.17, 15) is 26.8 Å². The van der Waals surface area contributed by atoms with Gasteiger partial charge in [0, 0.05) is 23.7 Å². The molecule has 31 heavy (non-hydrogen) atoms. The molecule has 0 saturated carbocycles. The maximum Gasteiger partial charge on any atom is 0.341 e. The number of amides is 2. The first-order valence-corrected chi connectivity index (χ1v) is 11.3. The molecule has 1 fully saturated rings. The van der Waals surface area contributed by atoms with E-state index in [-0.39, 0.29) is 17.4 Å². The molecule has 0 bridgehead atoms. The fraction of sp³-hybridized carbons (Fsp3) is 0.333. The zero-order valence-corrected chi connectivity index (χ0v) is 17.4. The first-order valence-electron chi connectivity index (χ1n) is 9.71. The molecule has 0 unspecified atom stereocenters. The average Bonchev–Trinajstić information content (AvgIpc) is 2.74. The van der Waals surface area contributed by atoms with Gasteiger partial charge in [-0.3, -0.25) is 14.5 Å². The Morgan fingerprint density at radius 2 is 1.74 bits per heavy atom. The number of likely N-dealkylation sites (tertiary alicyclic amines) is 1. The second-order valence-electron chi connectivity index (χ2n) is 7.44. The number of sulfone groups is 1. The van der Waals surface area contributed by atoms with Crippen LogP contribution in [0.4, 0.5) is 14.5 Å². The summed E-state index contributed by atoms with van der Waals surface area (Å²) in [6.45, 7) is 2.19. The summed E-state index contributed by atoms with van der Waals surface area (Å²) in [5.74, 6) is -4.34. The van der Waals surface area contributed by atoms with Gasteiger partial charge in [0.05, 0.1) is 4.90 Å². The highest BCUT2D eigenvalue weighted by Crippen LogP contribution is 2.21. The number of benzene rings is 2. The molecule has 3 N–H and O–H groups in total. The molecule has 2 amide bonds. The fourth-order valence-corrected chi connectivity index (χ4v) is 4.20. The summed E-state index contributed by atoms with van der Waals surface area (Å²) in [6, 6.07) is 11.6. The van der Waals surface area contributed by atoms with Crippen LogP contribution in [0.25, 0.3) is 0 Å². The lowest BCUT2D eigenvalue weighted by Crippen LogP contribution is -2.38. The van der Waals surface area contributed by atoms with Crippen LogP contribution in [-0.2, 0) is 21.2 Å². The van der Waals surface area contributed by atoms with Crippen molar-refractivity contribution < 1.29 is 26.8 Å². The zero-order valence-electron chi connectivity index (χ0n) is 16.6. The Labute approximate surface area is 179 Å². The van der Waals surface area contributed by atoms with Crippen molar-refractivity contribution in [1.29, 1.82) is 0 Å². The van der Waals surface area contributed by atoms with E-state index in [1.807, 2.05) is 12.1 Å². The van der Waals surface area contributed by atoms with Crippen LogP contribution in [0.5, 0.6) is 0 Å². The minimum atomic E-state index is -4.70. The zero-order chi connectivity index (χ0) is 22.6. The molecule has 1 aliphatic rings. The van der Waals surface area contributed by atoms with E-state index in [1.54, 1.807) is 12.1 Å². The third-order valence-electron chi connectivity index (χ3n) is 5.26. The van der Waals surface area contributed by atoms with Crippen molar-refractivity contribution in [2.24, 2.45) is 11.7 Å². The van der Waals surface area contributed by atoms with Gasteiger partial charge in [-0.15, -0.1) is 0 Å². The van der Waals surface area contributed by atoms with Gasteiger partial charge in [0.2, 0.25) is 15.7 Å². The number of anilines is 1. The molecular weight excluding hydrogens is 428 g/mol. The lowest BCUT2D eigenvalue weighted by Gasteiger charge is -2.30. The van der Waals surface area contributed by atoms with E-state index in [1.165, 1.54) is 12.1 Å². The van der Waals surface area contributed by atoms with E-state index in [2.05, 4.69) is 10.2 Å². The number of rotatable bonds is 7. The van der Waals surface area contributed by atoms with E-state index >= 15 is 0 Å². The lowest BCUT2D eigenvalue weighted by molar-refractivity contribution is -0.123. The summed E-state index contributed by atoms with van der Waals surface area (Å²) in [4.78, 5) is 25.4. The number of primary amides is 1. The van der Waals surface area contributed by atoms with Crippen molar-refractivity contribution in [2.75, 3.05) is 18.4 Å². The molecule has 0 aliphatic carbocycles. The summed E-state index contributed by atoms with van der Waals surface area (Å²) in [6.07, 6.45) is 1.45. The van der Waals surface area contributed by atoms with Crippen molar-refractivity contribution in [3.05, 3.63) is 59.7 Å². The number of nitrogens with zero attached hydrogens (tertiary/aromatic N) is 1. The second kappa shape index (κ2) is 9.52. The molecule has 166 valence electrons. The van der Waals surface area contributed by atoms with Gasteiger partial charge in [0.15, 0.2) is 0 Å². The number of hydrogen-bond acceptors (Lipinski definition) is 5. The summed E-state index contributed by atoms with van der Waals surface area (Å²) < 4.78 is 48.2. The topological polar surface area (TPSA) is 110 Å². The Bertz CT molecular complexity index is 1050. The third-order valence-corrected chi connectivity index (χ3v) is 6.66. The van der Waals surface area contributed by atoms with E-state index in [0.29, 0.717) is 12.2 Å². The number of nitrogens with two attached hydrogens (primary N) is 1. The largest absolute Gasteiger partial charge is 0.369 e. The first kappa shape index (κ1) is 22.8. The molecule has 3 rings (SSSR count). The highest BCUT2D eigenvalue weighted by Gasteiger charge is 2.26. The maximum atomic E-state index is 12.6. The smallest absolute Gasteiger partial charge is 0.341 e. The molecular formula is C21H23F2N3O4S. The van der Waals surface area contributed by atoms with Crippen LogP contribution in [0.1, 0.15) is 28.8 Å². The monoisotopic (exact) mass is 451 g/mol. The number of nitrogens with one attached hydrogen (secondary N) is 1. The van der Waals surface area contributed by atoms with Crippen molar-refractivity contribution in [3.8, 4) is 0 Å². The molecule has 7 nitrogen and oxygen atoms in total. The van der Waals surface area contributed by atoms with Crippen LogP contribution in [0, 0.1) is 5.92 Å². The van der Waals surface area contributed by atoms with Gasteiger partial charge in [0.1, 0.15) is 0 Å². The molecule has 0 aromatic heterocycles. The van der Waals surface area contributed by atoms with E-state index < -0.39 is 26.4 Å². The minimum absolute atomic E-state index is 0.0797. The van der Waals surface area contributed by atoms with Crippen molar-refractivity contribution >= 4 is 27.3 Å². The highest BCUT2D eigenvalue weighted by atomic mass is 32.2. The Morgan fingerprint density at radius 3 is 2.32 bits per heavy atom. The number of halogens is 2. The quantitative estimate of drug-likeness (QED) is 0.673. The number of hydrogen-bond donors (Lipinski definition) is 2. The SMILES string of the molecule is NC(=O)C1CCN(Cc2cccc(NC(=O)c3ccc(S(=O)(=O)C(F)F)cc3)c2)CC1. The molecule has 0 atom stereocenters.